The molecule has 0 aliphatic carbocycles. The highest BCUT2D eigenvalue weighted by molar-refractivity contribution is 4.83. The van der Waals surface area contributed by atoms with Crippen LogP contribution < -0.4 is 5.32 Å². The van der Waals surface area contributed by atoms with Gasteiger partial charge in [-0.05, 0) is 26.3 Å². The minimum Gasteiger partial charge on any atom is -0.361 e. The van der Waals surface area contributed by atoms with Crippen LogP contribution in [0.2, 0.25) is 0 Å². The van der Waals surface area contributed by atoms with Gasteiger partial charge in [-0.25, -0.2) is 4.39 Å². The zero-order valence-corrected chi connectivity index (χ0v) is 5.52. The summed E-state index contributed by atoms with van der Waals surface area (Å²) in [4.78, 5) is 0. The number of hydrogen-bond donors (Lipinski definition) is 2. The van der Waals surface area contributed by atoms with E-state index in [1.54, 1.807) is 0 Å². The van der Waals surface area contributed by atoms with Crippen LogP contribution in [0.25, 0.3) is 0 Å². The summed E-state index contributed by atoms with van der Waals surface area (Å²) in [7, 11) is 0. The molecule has 1 rings (SSSR count). The number of aliphatic hydroxyl groups is 1. The Balaban J connectivity index is 2.42. The largest absolute Gasteiger partial charge is 0.361 e. The summed E-state index contributed by atoms with van der Waals surface area (Å²) in [5.74, 6) is -2.03. The Bertz CT molecular complexity index is 93.7. The van der Waals surface area contributed by atoms with Crippen molar-refractivity contribution in [3.63, 3.8) is 0 Å². The highest BCUT2D eigenvalue weighted by Gasteiger charge is 2.33. The van der Waals surface area contributed by atoms with Crippen molar-refractivity contribution >= 4 is 0 Å². The van der Waals surface area contributed by atoms with Crippen molar-refractivity contribution in [3.8, 4) is 0 Å². The fraction of sp³-hybridized carbons (Fsp3) is 1.00. The van der Waals surface area contributed by atoms with Crippen molar-refractivity contribution in [2.45, 2.75) is 31.7 Å². The molecule has 2 N–H and O–H groups in total. The van der Waals surface area contributed by atoms with Crippen LogP contribution in [0.4, 0.5) is 4.39 Å². The molecule has 0 amide bonds. The summed E-state index contributed by atoms with van der Waals surface area (Å²) < 4.78 is 12.6. The molecule has 0 unspecified atom stereocenters. The van der Waals surface area contributed by atoms with E-state index in [0.717, 1.165) is 19.4 Å². The number of halogens is 1. The van der Waals surface area contributed by atoms with E-state index in [2.05, 4.69) is 5.32 Å². The molecule has 54 valence electrons. The number of alkyl halides is 1. The number of rotatable bonds is 1. The first-order valence-electron chi connectivity index (χ1n) is 3.25. The SMILES string of the molecule is C[C@](O)(F)[C@@H]1CCCN1. The van der Waals surface area contributed by atoms with E-state index in [4.69, 9.17) is 5.11 Å². The van der Waals surface area contributed by atoms with E-state index in [-0.39, 0.29) is 6.04 Å². The van der Waals surface area contributed by atoms with Gasteiger partial charge >= 0.3 is 0 Å². The van der Waals surface area contributed by atoms with Crippen LogP contribution >= 0.6 is 0 Å². The monoisotopic (exact) mass is 133 g/mol. The molecule has 1 saturated heterocycles. The minimum atomic E-state index is -2.03. The van der Waals surface area contributed by atoms with Crippen LogP contribution in [0, 0.1) is 0 Å². The molecule has 1 aliphatic heterocycles. The molecule has 2 nitrogen and oxygen atoms in total. The van der Waals surface area contributed by atoms with Crippen LogP contribution in [-0.4, -0.2) is 23.5 Å². The maximum atomic E-state index is 12.6. The summed E-state index contributed by atoms with van der Waals surface area (Å²) in [6, 6.07) is -0.350. The van der Waals surface area contributed by atoms with Gasteiger partial charge in [0.1, 0.15) is 0 Å². The Hall–Kier alpha value is -0.150. The number of nitrogens with one attached hydrogen (secondary N) is 1. The summed E-state index contributed by atoms with van der Waals surface area (Å²) in [5.41, 5.74) is 0. The zero-order valence-electron chi connectivity index (χ0n) is 5.52. The molecule has 9 heavy (non-hydrogen) atoms. The molecule has 3 heteroatoms. The topological polar surface area (TPSA) is 32.3 Å². The Morgan fingerprint density at radius 1 is 1.78 bits per heavy atom. The first-order chi connectivity index (χ1) is 4.11. The van der Waals surface area contributed by atoms with Crippen molar-refractivity contribution in [1.82, 2.24) is 5.32 Å². The second kappa shape index (κ2) is 2.23. The molecular formula is C6H12FNO. The summed E-state index contributed by atoms with van der Waals surface area (Å²) in [5, 5.41) is 11.7. The number of hydrogen-bond acceptors (Lipinski definition) is 2. The summed E-state index contributed by atoms with van der Waals surface area (Å²) in [6.45, 7) is 2.01. The van der Waals surface area contributed by atoms with Crippen LogP contribution in [-0.2, 0) is 0 Å². The average molecular weight is 133 g/mol. The Morgan fingerprint density at radius 3 is 2.67 bits per heavy atom. The molecule has 0 radical (unpaired) electrons. The zero-order chi connectivity index (χ0) is 6.91. The molecule has 0 aromatic rings. The molecule has 0 spiro atoms. The normalized spacial score (nSPS) is 34.3. The molecule has 1 aliphatic rings. The fourth-order valence-corrected chi connectivity index (χ4v) is 1.13. The average Bonchev–Trinajstić information content (AvgIpc) is 2.08. The maximum Gasteiger partial charge on any atom is 0.219 e. The lowest BCUT2D eigenvalue weighted by Crippen LogP contribution is -2.41. The van der Waals surface area contributed by atoms with Gasteiger partial charge in [-0.3, -0.25) is 0 Å². The first kappa shape index (κ1) is 6.96. The molecule has 0 saturated carbocycles. The Labute approximate surface area is 54.1 Å². The van der Waals surface area contributed by atoms with Crippen molar-refractivity contribution in [2.24, 2.45) is 0 Å². The lowest BCUT2D eigenvalue weighted by atomic mass is 10.1. The molecular weight excluding hydrogens is 121 g/mol. The lowest BCUT2D eigenvalue weighted by Gasteiger charge is -2.20. The van der Waals surface area contributed by atoms with Crippen LogP contribution in [0.15, 0.2) is 0 Å². The third-order valence-electron chi connectivity index (χ3n) is 1.70. The molecule has 1 fully saturated rings. The van der Waals surface area contributed by atoms with Gasteiger partial charge in [0.2, 0.25) is 5.85 Å². The predicted octanol–water partition coefficient (Wildman–Crippen LogP) is 0.416. The van der Waals surface area contributed by atoms with Crippen LogP contribution in [0.5, 0.6) is 0 Å². The van der Waals surface area contributed by atoms with Gasteiger partial charge in [-0.1, -0.05) is 0 Å². The highest BCUT2D eigenvalue weighted by Crippen LogP contribution is 2.19. The van der Waals surface area contributed by atoms with Crippen molar-refractivity contribution < 1.29 is 9.50 Å². The summed E-state index contributed by atoms with van der Waals surface area (Å²) >= 11 is 0. The van der Waals surface area contributed by atoms with Crippen molar-refractivity contribution in [2.75, 3.05) is 6.54 Å². The Kier molecular flexibility index (Phi) is 1.73. The lowest BCUT2D eigenvalue weighted by molar-refractivity contribution is -0.0952. The maximum absolute atomic E-state index is 12.6. The standard InChI is InChI=1S/C6H12FNO/c1-6(7,9)5-3-2-4-8-5/h5,8-9H,2-4H2,1H3/t5-,6+/m0/s1. The van der Waals surface area contributed by atoms with E-state index in [0.29, 0.717) is 0 Å². The van der Waals surface area contributed by atoms with Gasteiger partial charge in [0.15, 0.2) is 0 Å². The van der Waals surface area contributed by atoms with E-state index >= 15 is 0 Å². The first-order valence-corrected chi connectivity index (χ1v) is 3.25. The van der Waals surface area contributed by atoms with Gasteiger partial charge in [-0.2, -0.15) is 0 Å². The van der Waals surface area contributed by atoms with Gasteiger partial charge < -0.3 is 10.4 Å². The van der Waals surface area contributed by atoms with E-state index in [1.165, 1.54) is 6.92 Å². The third kappa shape index (κ3) is 1.63. The van der Waals surface area contributed by atoms with Crippen molar-refractivity contribution in [3.05, 3.63) is 0 Å². The fourth-order valence-electron chi connectivity index (χ4n) is 1.13. The van der Waals surface area contributed by atoms with Gasteiger partial charge in [0.05, 0.1) is 6.04 Å². The molecule has 2 atom stereocenters. The van der Waals surface area contributed by atoms with Crippen LogP contribution in [0.1, 0.15) is 19.8 Å². The van der Waals surface area contributed by atoms with Gasteiger partial charge in [0, 0.05) is 0 Å². The molecule has 0 aromatic heterocycles. The van der Waals surface area contributed by atoms with E-state index in [9.17, 15) is 4.39 Å². The van der Waals surface area contributed by atoms with Gasteiger partial charge in [0.25, 0.3) is 0 Å². The van der Waals surface area contributed by atoms with Gasteiger partial charge in [-0.15, -0.1) is 0 Å². The smallest absolute Gasteiger partial charge is 0.219 e. The van der Waals surface area contributed by atoms with Crippen molar-refractivity contribution in [1.29, 1.82) is 0 Å². The van der Waals surface area contributed by atoms with E-state index in [1.807, 2.05) is 0 Å². The quantitative estimate of drug-likeness (QED) is 0.543. The molecule has 0 aromatic carbocycles. The third-order valence-corrected chi connectivity index (χ3v) is 1.70. The predicted molar refractivity (Wildman–Crippen MR) is 32.8 cm³/mol. The second-order valence-electron chi connectivity index (χ2n) is 2.67. The van der Waals surface area contributed by atoms with E-state index < -0.39 is 5.85 Å². The minimum absolute atomic E-state index is 0.350. The van der Waals surface area contributed by atoms with Crippen LogP contribution in [0.3, 0.4) is 0 Å². The Morgan fingerprint density at radius 2 is 2.44 bits per heavy atom. The molecule has 0 bridgehead atoms. The summed E-state index contributed by atoms with van der Waals surface area (Å²) in [6.07, 6.45) is 1.70. The molecule has 1 heterocycles. The highest BCUT2D eigenvalue weighted by atomic mass is 19.2. The second-order valence-corrected chi connectivity index (χ2v) is 2.67.